The van der Waals surface area contributed by atoms with Crippen LogP contribution in [0.2, 0.25) is 0 Å². The standard InChI is InChI=1S/C11H21N3S/c1-4-8(2)5-10(14-12)6-11-7-15-9(3)13-11/h7-8,10,14H,4-6,12H2,1-3H3. The number of rotatable bonds is 6. The van der Waals surface area contributed by atoms with Crippen LogP contribution < -0.4 is 11.3 Å². The number of nitrogens with one attached hydrogen (secondary N) is 1. The molecule has 0 saturated heterocycles. The van der Waals surface area contributed by atoms with E-state index in [2.05, 4.69) is 29.6 Å². The number of aryl methyl sites for hydroxylation is 1. The van der Waals surface area contributed by atoms with Gasteiger partial charge in [0.15, 0.2) is 0 Å². The highest BCUT2D eigenvalue weighted by Crippen LogP contribution is 2.15. The van der Waals surface area contributed by atoms with E-state index in [-0.39, 0.29) is 0 Å². The lowest BCUT2D eigenvalue weighted by Gasteiger charge is -2.18. The minimum Gasteiger partial charge on any atom is -0.271 e. The van der Waals surface area contributed by atoms with Crippen LogP contribution in [0.1, 0.15) is 37.4 Å². The van der Waals surface area contributed by atoms with Crippen LogP contribution >= 0.6 is 11.3 Å². The second-order valence-electron chi connectivity index (χ2n) is 4.17. The Bertz CT molecular complexity index is 285. The second kappa shape index (κ2) is 6.20. The largest absolute Gasteiger partial charge is 0.271 e. The van der Waals surface area contributed by atoms with E-state index in [1.54, 1.807) is 11.3 Å². The van der Waals surface area contributed by atoms with Gasteiger partial charge in [0.05, 0.1) is 10.7 Å². The fourth-order valence-corrected chi connectivity index (χ4v) is 2.24. The Morgan fingerprint density at radius 3 is 2.80 bits per heavy atom. The lowest BCUT2D eigenvalue weighted by atomic mass is 9.97. The number of hydrogen-bond acceptors (Lipinski definition) is 4. The molecule has 0 spiro atoms. The molecule has 0 aliphatic heterocycles. The van der Waals surface area contributed by atoms with Crippen molar-refractivity contribution in [2.75, 3.05) is 0 Å². The van der Waals surface area contributed by atoms with Crippen molar-refractivity contribution in [1.29, 1.82) is 0 Å². The smallest absolute Gasteiger partial charge is 0.0897 e. The molecular formula is C11H21N3S. The monoisotopic (exact) mass is 227 g/mol. The van der Waals surface area contributed by atoms with E-state index in [1.165, 1.54) is 6.42 Å². The molecule has 0 bridgehead atoms. The summed E-state index contributed by atoms with van der Waals surface area (Å²) in [6.45, 7) is 6.51. The van der Waals surface area contributed by atoms with Gasteiger partial charge in [-0.05, 0) is 19.3 Å². The summed E-state index contributed by atoms with van der Waals surface area (Å²) in [6, 6.07) is 0.349. The minimum atomic E-state index is 0.349. The summed E-state index contributed by atoms with van der Waals surface area (Å²) in [6.07, 6.45) is 3.25. The third-order valence-electron chi connectivity index (χ3n) is 2.74. The van der Waals surface area contributed by atoms with Crippen LogP contribution in [-0.4, -0.2) is 11.0 Å². The Kier molecular flexibility index (Phi) is 5.22. The van der Waals surface area contributed by atoms with Crippen molar-refractivity contribution in [2.45, 2.75) is 46.1 Å². The highest BCUT2D eigenvalue weighted by atomic mass is 32.1. The summed E-state index contributed by atoms with van der Waals surface area (Å²) in [5.41, 5.74) is 4.05. The molecule has 3 N–H and O–H groups in total. The van der Waals surface area contributed by atoms with E-state index < -0.39 is 0 Å². The summed E-state index contributed by atoms with van der Waals surface area (Å²) < 4.78 is 0. The maximum Gasteiger partial charge on any atom is 0.0897 e. The van der Waals surface area contributed by atoms with Crippen LogP contribution in [0.3, 0.4) is 0 Å². The van der Waals surface area contributed by atoms with E-state index >= 15 is 0 Å². The number of nitrogens with zero attached hydrogens (tertiary/aromatic N) is 1. The van der Waals surface area contributed by atoms with Crippen molar-refractivity contribution in [2.24, 2.45) is 11.8 Å². The Balaban J connectivity index is 2.46. The summed E-state index contributed by atoms with van der Waals surface area (Å²) >= 11 is 1.70. The Hall–Kier alpha value is -0.450. The van der Waals surface area contributed by atoms with Gasteiger partial charge < -0.3 is 0 Å². The second-order valence-corrected chi connectivity index (χ2v) is 5.24. The van der Waals surface area contributed by atoms with Crippen LogP contribution in [0.4, 0.5) is 0 Å². The zero-order chi connectivity index (χ0) is 11.3. The molecule has 3 nitrogen and oxygen atoms in total. The first-order chi connectivity index (χ1) is 7.15. The molecule has 1 rings (SSSR count). The summed E-state index contributed by atoms with van der Waals surface area (Å²) in [7, 11) is 0. The molecule has 0 aromatic carbocycles. The van der Waals surface area contributed by atoms with Gasteiger partial charge in [0.25, 0.3) is 0 Å². The number of hydrogen-bond donors (Lipinski definition) is 2. The molecule has 4 heteroatoms. The van der Waals surface area contributed by atoms with Gasteiger partial charge in [-0.15, -0.1) is 11.3 Å². The molecule has 2 atom stereocenters. The predicted octanol–water partition coefficient (Wildman–Crippen LogP) is 2.26. The van der Waals surface area contributed by atoms with Gasteiger partial charge >= 0.3 is 0 Å². The van der Waals surface area contributed by atoms with Crippen LogP contribution in [0.5, 0.6) is 0 Å². The molecular weight excluding hydrogens is 206 g/mol. The first-order valence-electron chi connectivity index (χ1n) is 5.52. The van der Waals surface area contributed by atoms with Gasteiger partial charge in [0, 0.05) is 17.8 Å². The van der Waals surface area contributed by atoms with Crippen molar-refractivity contribution in [1.82, 2.24) is 10.4 Å². The van der Waals surface area contributed by atoms with Crippen LogP contribution in [-0.2, 0) is 6.42 Å². The maximum atomic E-state index is 5.56. The van der Waals surface area contributed by atoms with E-state index in [1.807, 2.05) is 6.92 Å². The first kappa shape index (κ1) is 12.6. The molecule has 1 aromatic heterocycles. The summed E-state index contributed by atoms with van der Waals surface area (Å²) in [5.74, 6) is 6.27. The highest BCUT2D eigenvalue weighted by Gasteiger charge is 2.12. The average Bonchev–Trinajstić information content (AvgIpc) is 2.62. The summed E-state index contributed by atoms with van der Waals surface area (Å²) in [5, 5.41) is 3.25. The fourth-order valence-electron chi connectivity index (χ4n) is 1.62. The molecule has 0 amide bonds. The van der Waals surface area contributed by atoms with Gasteiger partial charge in [-0.1, -0.05) is 20.3 Å². The quantitative estimate of drug-likeness (QED) is 0.579. The average molecular weight is 227 g/mol. The number of aromatic nitrogens is 1. The first-order valence-corrected chi connectivity index (χ1v) is 6.40. The maximum absolute atomic E-state index is 5.56. The van der Waals surface area contributed by atoms with E-state index in [4.69, 9.17) is 5.84 Å². The molecule has 1 heterocycles. The zero-order valence-corrected chi connectivity index (χ0v) is 10.6. The van der Waals surface area contributed by atoms with Gasteiger partial charge in [0.2, 0.25) is 0 Å². The summed E-state index contributed by atoms with van der Waals surface area (Å²) in [4.78, 5) is 4.45. The van der Waals surface area contributed by atoms with E-state index in [0.29, 0.717) is 12.0 Å². The molecule has 1 aromatic rings. The molecule has 0 aliphatic carbocycles. The third-order valence-corrected chi connectivity index (χ3v) is 3.56. The molecule has 0 aliphatic rings. The van der Waals surface area contributed by atoms with Crippen LogP contribution in [0.15, 0.2) is 5.38 Å². The van der Waals surface area contributed by atoms with Crippen LogP contribution in [0.25, 0.3) is 0 Å². The Morgan fingerprint density at radius 2 is 2.33 bits per heavy atom. The Morgan fingerprint density at radius 1 is 1.60 bits per heavy atom. The van der Waals surface area contributed by atoms with Gasteiger partial charge in [0.1, 0.15) is 0 Å². The van der Waals surface area contributed by atoms with Gasteiger partial charge in [-0.3, -0.25) is 11.3 Å². The predicted molar refractivity (Wildman–Crippen MR) is 65.7 cm³/mol. The zero-order valence-electron chi connectivity index (χ0n) is 9.79. The lowest BCUT2D eigenvalue weighted by molar-refractivity contribution is 0.395. The topological polar surface area (TPSA) is 50.9 Å². The van der Waals surface area contributed by atoms with E-state index in [0.717, 1.165) is 23.5 Å². The molecule has 86 valence electrons. The third kappa shape index (κ3) is 4.28. The lowest BCUT2D eigenvalue weighted by Crippen LogP contribution is -2.38. The number of thiazole rings is 1. The fraction of sp³-hybridized carbons (Fsp3) is 0.727. The van der Waals surface area contributed by atoms with Crippen molar-refractivity contribution in [3.05, 3.63) is 16.1 Å². The van der Waals surface area contributed by atoms with Crippen molar-refractivity contribution < 1.29 is 0 Å². The number of hydrazine groups is 1. The molecule has 15 heavy (non-hydrogen) atoms. The van der Waals surface area contributed by atoms with Crippen molar-refractivity contribution >= 4 is 11.3 Å². The van der Waals surface area contributed by atoms with Crippen molar-refractivity contribution in [3.8, 4) is 0 Å². The molecule has 0 fully saturated rings. The highest BCUT2D eigenvalue weighted by molar-refractivity contribution is 7.09. The van der Waals surface area contributed by atoms with Gasteiger partial charge in [-0.2, -0.15) is 0 Å². The number of nitrogens with two attached hydrogens (primary N) is 1. The molecule has 2 unspecified atom stereocenters. The van der Waals surface area contributed by atoms with Crippen molar-refractivity contribution in [3.63, 3.8) is 0 Å². The Labute approximate surface area is 96.1 Å². The molecule has 0 saturated carbocycles. The van der Waals surface area contributed by atoms with Crippen LogP contribution in [0, 0.1) is 12.8 Å². The SMILES string of the molecule is CCC(C)CC(Cc1csc(C)n1)NN. The van der Waals surface area contributed by atoms with E-state index in [9.17, 15) is 0 Å². The molecule has 0 radical (unpaired) electrons. The minimum absolute atomic E-state index is 0.349. The van der Waals surface area contributed by atoms with Gasteiger partial charge in [-0.25, -0.2) is 4.98 Å². The normalized spacial score (nSPS) is 15.2.